The molecule has 0 spiro atoms. The fraction of sp³-hybridized carbons (Fsp3) is 0.583. The Morgan fingerprint density at radius 3 is 2.61 bits per heavy atom. The average Bonchev–Trinajstić information content (AvgIpc) is 2.64. The zero-order valence-electron chi connectivity index (χ0n) is 11.3. The van der Waals surface area contributed by atoms with Gasteiger partial charge in [0.1, 0.15) is 17.6 Å². The standard InChI is InChI=1S/C12H20ClNO3Si/c1-16-12(15)10-5-6-11(13)14(10)9-17-7-8-18(2,3)4/h5-6H,7-9H2,1-4H3. The summed E-state index contributed by atoms with van der Waals surface area (Å²) in [5, 5.41) is 0.475. The van der Waals surface area contributed by atoms with Crippen LogP contribution in [0.2, 0.25) is 30.8 Å². The Bertz CT molecular complexity index is 412. The third kappa shape index (κ3) is 4.47. The summed E-state index contributed by atoms with van der Waals surface area (Å²) in [6.45, 7) is 7.84. The molecule has 0 aliphatic rings. The lowest BCUT2D eigenvalue weighted by molar-refractivity contribution is 0.0541. The van der Waals surface area contributed by atoms with Crippen LogP contribution in [-0.4, -0.2) is 32.3 Å². The van der Waals surface area contributed by atoms with Gasteiger partial charge in [0, 0.05) is 14.7 Å². The summed E-state index contributed by atoms with van der Waals surface area (Å²) < 4.78 is 11.9. The Morgan fingerprint density at radius 2 is 2.06 bits per heavy atom. The molecule has 6 heteroatoms. The molecule has 0 bridgehead atoms. The van der Waals surface area contributed by atoms with Crippen LogP contribution in [-0.2, 0) is 16.2 Å². The Balaban J connectivity index is 2.56. The fourth-order valence-corrected chi connectivity index (χ4v) is 2.35. The molecule has 0 aliphatic heterocycles. The van der Waals surface area contributed by atoms with E-state index in [1.807, 2.05) is 0 Å². The highest BCUT2D eigenvalue weighted by Crippen LogP contribution is 2.16. The van der Waals surface area contributed by atoms with Gasteiger partial charge < -0.3 is 14.0 Å². The fourth-order valence-electron chi connectivity index (χ4n) is 1.39. The van der Waals surface area contributed by atoms with E-state index in [0.29, 0.717) is 17.5 Å². The smallest absolute Gasteiger partial charge is 0.354 e. The van der Waals surface area contributed by atoms with Crippen LogP contribution in [0.1, 0.15) is 10.5 Å². The molecular weight excluding hydrogens is 270 g/mol. The Morgan fingerprint density at radius 1 is 1.39 bits per heavy atom. The molecule has 18 heavy (non-hydrogen) atoms. The zero-order chi connectivity index (χ0) is 13.8. The molecule has 0 saturated heterocycles. The number of ether oxygens (including phenoxy) is 2. The molecule has 0 radical (unpaired) electrons. The number of hydrogen-bond donors (Lipinski definition) is 0. The van der Waals surface area contributed by atoms with Crippen molar-refractivity contribution in [2.75, 3.05) is 13.7 Å². The molecule has 0 fully saturated rings. The van der Waals surface area contributed by atoms with E-state index in [4.69, 9.17) is 16.3 Å². The van der Waals surface area contributed by atoms with E-state index in [-0.39, 0.29) is 6.73 Å². The highest BCUT2D eigenvalue weighted by Gasteiger charge is 2.15. The molecular formula is C12H20ClNO3Si. The summed E-state index contributed by atoms with van der Waals surface area (Å²) in [4.78, 5) is 11.5. The van der Waals surface area contributed by atoms with Crippen LogP contribution in [0.25, 0.3) is 0 Å². The predicted molar refractivity (Wildman–Crippen MR) is 74.9 cm³/mol. The first-order chi connectivity index (χ1) is 8.35. The Kier molecular flexibility index (Phi) is 5.43. The number of aromatic nitrogens is 1. The van der Waals surface area contributed by atoms with Gasteiger partial charge in [0.15, 0.2) is 0 Å². The Hall–Kier alpha value is -0.783. The molecule has 4 nitrogen and oxygen atoms in total. The van der Waals surface area contributed by atoms with Gasteiger partial charge in [-0.15, -0.1) is 0 Å². The number of carbonyl (C=O) groups excluding carboxylic acids is 1. The molecule has 0 saturated carbocycles. The van der Waals surface area contributed by atoms with Gasteiger partial charge >= 0.3 is 5.97 Å². The minimum absolute atomic E-state index is 0.279. The lowest BCUT2D eigenvalue weighted by Crippen LogP contribution is -2.22. The second-order valence-electron chi connectivity index (χ2n) is 5.31. The van der Waals surface area contributed by atoms with Gasteiger partial charge in [-0.25, -0.2) is 4.79 Å². The van der Waals surface area contributed by atoms with Crippen LogP contribution in [0.15, 0.2) is 12.1 Å². The van der Waals surface area contributed by atoms with Crippen LogP contribution in [0.4, 0.5) is 0 Å². The van der Waals surface area contributed by atoms with Gasteiger partial charge in [0.25, 0.3) is 0 Å². The maximum atomic E-state index is 11.5. The number of hydrogen-bond acceptors (Lipinski definition) is 3. The SMILES string of the molecule is COC(=O)c1ccc(Cl)n1COCC[Si](C)(C)C. The van der Waals surface area contributed by atoms with E-state index < -0.39 is 14.0 Å². The number of halogens is 1. The van der Waals surface area contributed by atoms with E-state index in [1.54, 1.807) is 16.7 Å². The van der Waals surface area contributed by atoms with E-state index in [1.165, 1.54) is 7.11 Å². The number of methoxy groups -OCH3 is 1. The van der Waals surface area contributed by atoms with Crippen LogP contribution in [0.3, 0.4) is 0 Å². The van der Waals surface area contributed by atoms with Crippen molar-refractivity contribution >= 4 is 25.6 Å². The van der Waals surface area contributed by atoms with Gasteiger partial charge in [-0.05, 0) is 18.2 Å². The van der Waals surface area contributed by atoms with E-state index in [9.17, 15) is 4.79 Å². The Labute approximate surface area is 114 Å². The third-order valence-corrected chi connectivity index (χ3v) is 4.57. The van der Waals surface area contributed by atoms with Crippen molar-refractivity contribution in [2.24, 2.45) is 0 Å². The molecule has 1 aromatic heterocycles. The molecule has 1 aromatic rings. The second kappa shape index (κ2) is 6.40. The summed E-state index contributed by atoms with van der Waals surface area (Å²) in [6.07, 6.45) is 0. The monoisotopic (exact) mass is 289 g/mol. The van der Waals surface area contributed by atoms with E-state index >= 15 is 0 Å². The summed E-state index contributed by atoms with van der Waals surface area (Å²) in [5.74, 6) is -0.407. The van der Waals surface area contributed by atoms with Crippen LogP contribution >= 0.6 is 11.6 Å². The summed E-state index contributed by atoms with van der Waals surface area (Å²) in [5.41, 5.74) is 0.413. The van der Waals surface area contributed by atoms with Gasteiger partial charge in [-0.2, -0.15) is 0 Å². The number of esters is 1. The maximum absolute atomic E-state index is 11.5. The summed E-state index contributed by atoms with van der Waals surface area (Å²) in [6, 6.07) is 4.38. The van der Waals surface area contributed by atoms with Crippen molar-refractivity contribution in [2.45, 2.75) is 32.4 Å². The minimum atomic E-state index is -1.09. The van der Waals surface area contributed by atoms with Gasteiger partial charge in [0.2, 0.25) is 0 Å². The van der Waals surface area contributed by atoms with Crippen molar-refractivity contribution < 1.29 is 14.3 Å². The molecule has 102 valence electrons. The zero-order valence-corrected chi connectivity index (χ0v) is 13.1. The minimum Gasteiger partial charge on any atom is -0.464 e. The van der Waals surface area contributed by atoms with Crippen LogP contribution < -0.4 is 0 Å². The van der Waals surface area contributed by atoms with Gasteiger partial charge in [-0.1, -0.05) is 31.2 Å². The van der Waals surface area contributed by atoms with Crippen LogP contribution in [0, 0.1) is 0 Å². The molecule has 0 unspecified atom stereocenters. The first-order valence-electron chi connectivity index (χ1n) is 5.86. The van der Waals surface area contributed by atoms with E-state index in [0.717, 1.165) is 6.04 Å². The lowest BCUT2D eigenvalue weighted by Gasteiger charge is -2.16. The molecule has 1 rings (SSSR count). The largest absolute Gasteiger partial charge is 0.464 e. The molecule has 0 amide bonds. The third-order valence-electron chi connectivity index (χ3n) is 2.54. The summed E-state index contributed by atoms with van der Waals surface area (Å²) in [7, 11) is 0.253. The maximum Gasteiger partial charge on any atom is 0.354 e. The lowest BCUT2D eigenvalue weighted by atomic mass is 10.4. The number of nitrogens with zero attached hydrogens (tertiary/aromatic N) is 1. The normalized spacial score (nSPS) is 11.6. The molecule has 1 heterocycles. The first kappa shape index (κ1) is 15.3. The number of carbonyl (C=O) groups is 1. The first-order valence-corrected chi connectivity index (χ1v) is 9.95. The van der Waals surface area contributed by atoms with Crippen LogP contribution in [0.5, 0.6) is 0 Å². The van der Waals surface area contributed by atoms with E-state index in [2.05, 4.69) is 24.4 Å². The average molecular weight is 290 g/mol. The summed E-state index contributed by atoms with van der Waals surface area (Å²) >= 11 is 6.00. The predicted octanol–water partition coefficient (Wildman–Crippen LogP) is 3.24. The van der Waals surface area contributed by atoms with Crippen molar-refractivity contribution in [3.8, 4) is 0 Å². The highest BCUT2D eigenvalue weighted by molar-refractivity contribution is 6.76. The number of rotatable bonds is 6. The van der Waals surface area contributed by atoms with Crippen molar-refractivity contribution in [3.63, 3.8) is 0 Å². The molecule has 0 aliphatic carbocycles. The highest BCUT2D eigenvalue weighted by atomic mass is 35.5. The van der Waals surface area contributed by atoms with Crippen molar-refractivity contribution in [1.29, 1.82) is 0 Å². The van der Waals surface area contributed by atoms with Gasteiger partial charge in [-0.3, -0.25) is 0 Å². The second-order valence-corrected chi connectivity index (χ2v) is 11.3. The van der Waals surface area contributed by atoms with Crippen molar-refractivity contribution in [1.82, 2.24) is 4.57 Å². The topological polar surface area (TPSA) is 40.5 Å². The quantitative estimate of drug-likeness (QED) is 0.458. The molecule has 0 aromatic carbocycles. The molecule has 0 atom stereocenters. The van der Waals surface area contributed by atoms with Gasteiger partial charge in [0.05, 0.1) is 7.11 Å². The van der Waals surface area contributed by atoms with Crippen molar-refractivity contribution in [3.05, 3.63) is 23.0 Å². The molecule has 0 N–H and O–H groups in total.